The lowest BCUT2D eigenvalue weighted by Gasteiger charge is -2.31. The number of aliphatic hydroxyl groups is 1. The van der Waals surface area contributed by atoms with E-state index < -0.39 is 10.0 Å². The molecule has 1 aromatic rings. The predicted molar refractivity (Wildman–Crippen MR) is 69.7 cm³/mol. The molecule has 5 nitrogen and oxygen atoms in total. The van der Waals surface area contributed by atoms with Crippen LogP contribution in [0.4, 0.5) is 5.69 Å². The first-order chi connectivity index (χ1) is 8.29. The zero-order valence-electron chi connectivity index (χ0n) is 10.5. The molecule has 0 amide bonds. The Labute approximate surface area is 107 Å². The fraction of sp³-hybridized carbons (Fsp3) is 0.500. The lowest BCUT2D eigenvalue weighted by Crippen LogP contribution is -2.46. The molecule has 0 heterocycles. The molecule has 18 heavy (non-hydrogen) atoms. The van der Waals surface area contributed by atoms with E-state index in [2.05, 4.69) is 4.72 Å². The third-order valence-corrected chi connectivity index (χ3v) is 4.92. The van der Waals surface area contributed by atoms with E-state index in [1.807, 2.05) is 6.92 Å². The molecule has 4 N–H and O–H groups in total. The summed E-state index contributed by atoms with van der Waals surface area (Å²) < 4.78 is 27.0. The smallest absolute Gasteiger partial charge is 0.241 e. The van der Waals surface area contributed by atoms with Crippen molar-refractivity contribution >= 4 is 15.7 Å². The van der Waals surface area contributed by atoms with Gasteiger partial charge >= 0.3 is 0 Å². The van der Waals surface area contributed by atoms with Gasteiger partial charge in [-0.05, 0) is 49.9 Å². The third-order valence-electron chi connectivity index (χ3n) is 3.27. The van der Waals surface area contributed by atoms with Gasteiger partial charge in [0.1, 0.15) is 0 Å². The first-order valence-corrected chi connectivity index (χ1v) is 7.35. The van der Waals surface area contributed by atoms with E-state index in [0.717, 1.165) is 5.56 Å². The largest absolute Gasteiger partial charge is 0.398 e. The number of nitrogens with two attached hydrogens (primary N) is 1. The fourth-order valence-electron chi connectivity index (χ4n) is 2.10. The maximum atomic E-state index is 12.2. The number of sulfonamides is 1. The second-order valence-electron chi connectivity index (χ2n) is 4.92. The van der Waals surface area contributed by atoms with Crippen molar-refractivity contribution in [3.8, 4) is 0 Å². The van der Waals surface area contributed by atoms with Gasteiger partial charge < -0.3 is 10.8 Å². The second-order valence-corrected chi connectivity index (χ2v) is 6.60. The van der Waals surface area contributed by atoms with Crippen molar-refractivity contribution in [1.82, 2.24) is 4.72 Å². The first kappa shape index (κ1) is 13.3. The second kappa shape index (κ2) is 4.53. The Kier molecular flexibility index (Phi) is 3.35. The van der Waals surface area contributed by atoms with E-state index in [1.165, 1.54) is 0 Å². The number of aryl methyl sites for hydroxylation is 1. The van der Waals surface area contributed by atoms with Gasteiger partial charge in [0.05, 0.1) is 11.0 Å². The normalized spacial score (nSPS) is 23.7. The highest BCUT2D eigenvalue weighted by Crippen LogP contribution is 2.26. The number of rotatable bonds is 3. The monoisotopic (exact) mass is 270 g/mol. The van der Waals surface area contributed by atoms with E-state index in [1.54, 1.807) is 19.1 Å². The molecule has 0 spiro atoms. The Balaban J connectivity index is 2.29. The van der Waals surface area contributed by atoms with E-state index in [9.17, 15) is 13.5 Å². The van der Waals surface area contributed by atoms with Crippen LogP contribution < -0.4 is 10.5 Å². The highest BCUT2D eigenvalue weighted by molar-refractivity contribution is 7.89. The van der Waals surface area contributed by atoms with E-state index >= 15 is 0 Å². The Morgan fingerprint density at radius 2 is 1.94 bits per heavy atom. The summed E-state index contributed by atoms with van der Waals surface area (Å²) in [6.07, 6.45) is 0.556. The summed E-state index contributed by atoms with van der Waals surface area (Å²) >= 11 is 0. The van der Waals surface area contributed by atoms with Crippen LogP contribution in [0.5, 0.6) is 0 Å². The summed E-state index contributed by atoms with van der Waals surface area (Å²) in [5, 5.41) is 9.17. The third kappa shape index (κ3) is 2.50. The molecular weight excluding hydrogens is 252 g/mol. The SMILES string of the molecule is Cc1cc(N)c(C)c(S(=O)(=O)NC2CC(O)C2)c1. The Morgan fingerprint density at radius 3 is 2.50 bits per heavy atom. The Hall–Kier alpha value is -1.11. The number of nitrogens with one attached hydrogen (secondary N) is 1. The van der Waals surface area contributed by atoms with Crippen LogP contribution in [0.1, 0.15) is 24.0 Å². The van der Waals surface area contributed by atoms with E-state index in [0.29, 0.717) is 24.1 Å². The van der Waals surface area contributed by atoms with Gasteiger partial charge in [0.15, 0.2) is 0 Å². The molecule has 1 saturated carbocycles. The molecule has 0 atom stereocenters. The standard InChI is InChI=1S/C12H18N2O3S/c1-7-3-11(13)8(2)12(4-7)18(16,17)14-9-5-10(15)6-9/h3-4,9-10,14-15H,5-6,13H2,1-2H3. The molecule has 0 bridgehead atoms. The number of benzene rings is 1. The number of hydrogen-bond acceptors (Lipinski definition) is 4. The van der Waals surface area contributed by atoms with Gasteiger partial charge in [-0.2, -0.15) is 0 Å². The molecular formula is C12H18N2O3S. The molecule has 6 heteroatoms. The molecule has 0 aliphatic heterocycles. The molecule has 0 saturated heterocycles. The molecule has 1 aliphatic carbocycles. The minimum atomic E-state index is -3.56. The predicted octanol–water partition coefficient (Wildman–Crippen LogP) is 0.687. The Bertz CT molecular complexity index is 563. The van der Waals surface area contributed by atoms with Gasteiger partial charge in [-0.25, -0.2) is 13.1 Å². The fourth-order valence-corrected chi connectivity index (χ4v) is 3.72. The Morgan fingerprint density at radius 1 is 1.33 bits per heavy atom. The van der Waals surface area contributed by atoms with Gasteiger partial charge in [-0.3, -0.25) is 0 Å². The topological polar surface area (TPSA) is 92.4 Å². The van der Waals surface area contributed by atoms with E-state index in [-0.39, 0.29) is 17.0 Å². The van der Waals surface area contributed by atoms with Crippen LogP contribution >= 0.6 is 0 Å². The lowest BCUT2D eigenvalue weighted by molar-refractivity contribution is 0.0712. The van der Waals surface area contributed by atoms with Gasteiger partial charge in [0.2, 0.25) is 10.0 Å². The molecule has 0 radical (unpaired) electrons. The van der Waals surface area contributed by atoms with Crippen molar-refractivity contribution in [1.29, 1.82) is 0 Å². The number of hydrogen-bond donors (Lipinski definition) is 3. The maximum absolute atomic E-state index is 12.2. The summed E-state index contributed by atoms with van der Waals surface area (Å²) in [6.45, 7) is 3.50. The van der Waals surface area contributed by atoms with Crippen LogP contribution in [-0.4, -0.2) is 25.7 Å². The van der Waals surface area contributed by atoms with Crippen molar-refractivity contribution in [3.63, 3.8) is 0 Å². The van der Waals surface area contributed by atoms with Gasteiger partial charge in [-0.15, -0.1) is 0 Å². The van der Waals surface area contributed by atoms with Crippen LogP contribution in [-0.2, 0) is 10.0 Å². The molecule has 1 aliphatic rings. The summed E-state index contributed by atoms with van der Waals surface area (Å²) in [5.41, 5.74) is 7.64. The van der Waals surface area contributed by atoms with Gasteiger partial charge in [0, 0.05) is 11.7 Å². The number of nitrogen functional groups attached to an aromatic ring is 1. The first-order valence-electron chi connectivity index (χ1n) is 5.86. The minimum Gasteiger partial charge on any atom is -0.398 e. The number of anilines is 1. The highest BCUT2D eigenvalue weighted by Gasteiger charge is 2.32. The quantitative estimate of drug-likeness (QED) is 0.704. The summed E-state index contributed by atoms with van der Waals surface area (Å²) in [4.78, 5) is 0.224. The van der Waals surface area contributed by atoms with Crippen molar-refractivity contribution < 1.29 is 13.5 Å². The zero-order chi connectivity index (χ0) is 13.5. The minimum absolute atomic E-state index is 0.175. The maximum Gasteiger partial charge on any atom is 0.241 e. The summed E-state index contributed by atoms with van der Waals surface area (Å²) in [5.74, 6) is 0. The molecule has 0 unspecified atom stereocenters. The van der Waals surface area contributed by atoms with Crippen LogP contribution in [0.25, 0.3) is 0 Å². The average molecular weight is 270 g/mol. The molecule has 0 aromatic heterocycles. The number of aliphatic hydroxyl groups excluding tert-OH is 1. The van der Waals surface area contributed by atoms with E-state index in [4.69, 9.17) is 5.73 Å². The molecule has 1 fully saturated rings. The van der Waals surface area contributed by atoms with Crippen molar-refractivity contribution in [2.75, 3.05) is 5.73 Å². The average Bonchev–Trinajstić information content (AvgIpc) is 2.20. The van der Waals surface area contributed by atoms with Gasteiger partial charge in [-0.1, -0.05) is 0 Å². The van der Waals surface area contributed by atoms with Crippen molar-refractivity contribution in [3.05, 3.63) is 23.3 Å². The van der Waals surface area contributed by atoms with Crippen molar-refractivity contribution in [2.45, 2.75) is 43.7 Å². The molecule has 100 valence electrons. The zero-order valence-corrected chi connectivity index (χ0v) is 11.3. The highest BCUT2D eigenvalue weighted by atomic mass is 32.2. The van der Waals surface area contributed by atoms with Crippen LogP contribution in [0.15, 0.2) is 17.0 Å². The van der Waals surface area contributed by atoms with Crippen molar-refractivity contribution in [2.24, 2.45) is 0 Å². The summed E-state index contributed by atoms with van der Waals surface area (Å²) in [7, 11) is -3.56. The molecule has 1 aromatic carbocycles. The van der Waals surface area contributed by atoms with Gasteiger partial charge in [0.25, 0.3) is 0 Å². The van der Waals surface area contributed by atoms with Crippen LogP contribution in [0.3, 0.4) is 0 Å². The summed E-state index contributed by atoms with van der Waals surface area (Å²) in [6, 6.07) is 3.19. The van der Waals surface area contributed by atoms with Crippen LogP contribution in [0.2, 0.25) is 0 Å². The lowest BCUT2D eigenvalue weighted by atomic mass is 9.91. The van der Waals surface area contributed by atoms with Crippen LogP contribution in [0, 0.1) is 13.8 Å². The molecule has 2 rings (SSSR count).